The minimum absolute atomic E-state index is 0.166. The van der Waals surface area contributed by atoms with Crippen LogP contribution in [0.25, 0.3) is 11.4 Å². The van der Waals surface area contributed by atoms with Gasteiger partial charge in [0.15, 0.2) is 11.0 Å². The van der Waals surface area contributed by atoms with E-state index in [9.17, 15) is 4.79 Å². The lowest BCUT2D eigenvalue weighted by atomic mass is 10.2. The number of aromatic nitrogens is 3. The monoisotopic (exact) mass is 406 g/mol. The van der Waals surface area contributed by atoms with Gasteiger partial charge in [-0.1, -0.05) is 65.3 Å². The second kappa shape index (κ2) is 8.58. The molecule has 8 heteroatoms. The number of rotatable bonds is 6. The second-order valence-corrected chi connectivity index (χ2v) is 7.23. The van der Waals surface area contributed by atoms with Crippen molar-refractivity contribution >= 4 is 46.6 Å². The van der Waals surface area contributed by atoms with Gasteiger partial charge in [0.2, 0.25) is 5.91 Å². The second-order valence-electron chi connectivity index (χ2n) is 5.41. The highest BCUT2D eigenvalue weighted by Gasteiger charge is 2.14. The van der Waals surface area contributed by atoms with Crippen LogP contribution in [0.2, 0.25) is 10.0 Å². The number of nitrogens with one attached hydrogen (secondary N) is 1. The van der Waals surface area contributed by atoms with Crippen LogP contribution in [-0.4, -0.2) is 26.4 Å². The lowest BCUT2D eigenvalue weighted by molar-refractivity contribution is -0.113. The summed E-state index contributed by atoms with van der Waals surface area (Å²) >= 11 is 13.2. The third-order valence-electron chi connectivity index (χ3n) is 3.54. The fourth-order valence-corrected chi connectivity index (χ4v) is 3.76. The highest BCUT2D eigenvalue weighted by molar-refractivity contribution is 7.99. The molecule has 0 bridgehead atoms. The zero-order chi connectivity index (χ0) is 18.5. The molecule has 3 rings (SSSR count). The van der Waals surface area contributed by atoms with Gasteiger partial charge in [-0.25, -0.2) is 0 Å². The Balaban J connectivity index is 1.68. The molecule has 1 aromatic heterocycles. The molecular formula is C18H16Cl2N4OS. The Labute approximate surface area is 165 Å². The topological polar surface area (TPSA) is 59.8 Å². The number of amides is 1. The number of nitrogens with zero attached hydrogens (tertiary/aromatic N) is 3. The van der Waals surface area contributed by atoms with Gasteiger partial charge in [0.25, 0.3) is 0 Å². The smallest absolute Gasteiger partial charge is 0.234 e. The number of carbonyl (C=O) groups is 1. The van der Waals surface area contributed by atoms with E-state index in [1.54, 1.807) is 18.2 Å². The first-order valence-corrected chi connectivity index (χ1v) is 9.68. The molecule has 5 nitrogen and oxygen atoms in total. The Morgan fingerprint density at radius 1 is 1.12 bits per heavy atom. The third-order valence-corrected chi connectivity index (χ3v) is 4.95. The summed E-state index contributed by atoms with van der Waals surface area (Å²) in [6.45, 7) is 2.74. The number of carbonyl (C=O) groups excluding carboxylic acids is 1. The molecule has 0 saturated heterocycles. The summed E-state index contributed by atoms with van der Waals surface area (Å²) in [7, 11) is 0. The van der Waals surface area contributed by atoms with Crippen molar-refractivity contribution in [3.05, 3.63) is 58.6 Å². The fourth-order valence-electron chi connectivity index (χ4n) is 2.43. The van der Waals surface area contributed by atoms with Crippen LogP contribution in [0.5, 0.6) is 0 Å². The minimum Gasteiger partial charge on any atom is -0.325 e. The summed E-state index contributed by atoms with van der Waals surface area (Å²) in [6.07, 6.45) is 0. The van der Waals surface area contributed by atoms with Gasteiger partial charge in [0, 0.05) is 27.8 Å². The Hall–Kier alpha value is -2.02. The summed E-state index contributed by atoms with van der Waals surface area (Å²) in [5, 5.41) is 12.9. The molecule has 0 spiro atoms. The molecule has 0 saturated carbocycles. The molecule has 1 N–H and O–H groups in total. The van der Waals surface area contributed by atoms with Crippen LogP contribution in [0.1, 0.15) is 6.92 Å². The van der Waals surface area contributed by atoms with E-state index in [2.05, 4.69) is 15.5 Å². The van der Waals surface area contributed by atoms with Gasteiger partial charge in [-0.05, 0) is 25.1 Å². The van der Waals surface area contributed by atoms with Crippen LogP contribution in [0, 0.1) is 0 Å². The number of benzene rings is 2. The molecule has 2 aromatic carbocycles. The van der Waals surface area contributed by atoms with E-state index in [0.717, 1.165) is 11.4 Å². The molecule has 0 aliphatic carbocycles. The third kappa shape index (κ3) is 4.58. The van der Waals surface area contributed by atoms with Gasteiger partial charge in [0.1, 0.15) is 0 Å². The van der Waals surface area contributed by atoms with Gasteiger partial charge in [-0.2, -0.15) is 0 Å². The maximum Gasteiger partial charge on any atom is 0.234 e. The van der Waals surface area contributed by atoms with Crippen molar-refractivity contribution in [2.45, 2.75) is 18.6 Å². The van der Waals surface area contributed by atoms with Crippen molar-refractivity contribution in [3.63, 3.8) is 0 Å². The molecule has 0 atom stereocenters. The molecule has 1 heterocycles. The predicted molar refractivity (Wildman–Crippen MR) is 107 cm³/mol. The van der Waals surface area contributed by atoms with Crippen LogP contribution in [0.3, 0.4) is 0 Å². The van der Waals surface area contributed by atoms with Crippen LogP contribution in [0.4, 0.5) is 5.69 Å². The van der Waals surface area contributed by atoms with Crippen LogP contribution < -0.4 is 5.32 Å². The van der Waals surface area contributed by atoms with E-state index in [4.69, 9.17) is 23.2 Å². The average molecular weight is 407 g/mol. The zero-order valence-electron chi connectivity index (χ0n) is 13.9. The van der Waals surface area contributed by atoms with Gasteiger partial charge < -0.3 is 9.88 Å². The maximum atomic E-state index is 12.2. The summed E-state index contributed by atoms with van der Waals surface area (Å²) in [6, 6.07) is 14.8. The molecule has 134 valence electrons. The molecule has 26 heavy (non-hydrogen) atoms. The van der Waals surface area contributed by atoms with Gasteiger partial charge in [-0.15, -0.1) is 10.2 Å². The van der Waals surface area contributed by atoms with Gasteiger partial charge in [-0.3, -0.25) is 4.79 Å². The van der Waals surface area contributed by atoms with E-state index in [0.29, 0.717) is 27.4 Å². The molecule has 1 amide bonds. The van der Waals surface area contributed by atoms with Crippen molar-refractivity contribution in [1.29, 1.82) is 0 Å². The Morgan fingerprint density at radius 3 is 2.46 bits per heavy atom. The van der Waals surface area contributed by atoms with Gasteiger partial charge >= 0.3 is 0 Å². The first kappa shape index (κ1) is 18.8. The molecule has 3 aromatic rings. The van der Waals surface area contributed by atoms with Crippen molar-refractivity contribution < 1.29 is 4.79 Å². The molecule has 0 aliphatic heterocycles. The van der Waals surface area contributed by atoms with E-state index in [1.165, 1.54) is 11.8 Å². The summed E-state index contributed by atoms with van der Waals surface area (Å²) in [5.41, 5.74) is 1.56. The normalized spacial score (nSPS) is 10.7. The largest absolute Gasteiger partial charge is 0.325 e. The quantitative estimate of drug-likeness (QED) is 0.584. The lowest BCUT2D eigenvalue weighted by Gasteiger charge is -2.08. The number of hydrogen-bond donors (Lipinski definition) is 1. The minimum atomic E-state index is -0.166. The van der Waals surface area contributed by atoms with Gasteiger partial charge in [0.05, 0.1) is 5.75 Å². The lowest BCUT2D eigenvalue weighted by Crippen LogP contribution is -2.14. The standard InChI is InChI=1S/C18H16Cl2N4OS/c1-2-24-17(12-6-4-3-5-7-12)22-23-18(24)26-11-16(25)21-15-9-13(19)8-14(20)10-15/h3-10H,2,11H2,1H3,(H,21,25). The van der Waals surface area contributed by atoms with E-state index >= 15 is 0 Å². The average Bonchev–Trinajstić information content (AvgIpc) is 3.02. The Bertz CT molecular complexity index is 895. The molecule has 0 fully saturated rings. The highest BCUT2D eigenvalue weighted by Crippen LogP contribution is 2.25. The highest BCUT2D eigenvalue weighted by atomic mass is 35.5. The van der Waals surface area contributed by atoms with Crippen molar-refractivity contribution in [2.24, 2.45) is 0 Å². The fraction of sp³-hybridized carbons (Fsp3) is 0.167. The van der Waals surface area contributed by atoms with Crippen molar-refractivity contribution in [3.8, 4) is 11.4 Å². The summed E-state index contributed by atoms with van der Waals surface area (Å²) in [5.74, 6) is 0.828. The Morgan fingerprint density at radius 2 is 1.81 bits per heavy atom. The molecule has 0 aliphatic rings. The van der Waals surface area contributed by atoms with Crippen molar-refractivity contribution in [1.82, 2.24) is 14.8 Å². The first-order valence-electron chi connectivity index (χ1n) is 7.94. The SMILES string of the molecule is CCn1c(SCC(=O)Nc2cc(Cl)cc(Cl)c2)nnc1-c1ccccc1. The number of anilines is 1. The predicted octanol–water partition coefficient (Wildman–Crippen LogP) is 5.00. The van der Waals surface area contributed by atoms with Crippen LogP contribution >= 0.6 is 35.0 Å². The number of halogens is 2. The molecular weight excluding hydrogens is 391 g/mol. The molecule has 0 unspecified atom stereocenters. The van der Waals surface area contributed by atoms with E-state index in [1.807, 2.05) is 41.8 Å². The molecule has 0 radical (unpaired) electrons. The first-order chi connectivity index (χ1) is 12.6. The van der Waals surface area contributed by atoms with E-state index < -0.39 is 0 Å². The summed E-state index contributed by atoms with van der Waals surface area (Å²) < 4.78 is 1.99. The number of thioether (sulfide) groups is 1. The van der Waals surface area contributed by atoms with Crippen LogP contribution in [-0.2, 0) is 11.3 Å². The summed E-state index contributed by atoms with van der Waals surface area (Å²) in [4.78, 5) is 12.2. The number of hydrogen-bond acceptors (Lipinski definition) is 4. The van der Waals surface area contributed by atoms with Crippen molar-refractivity contribution in [2.75, 3.05) is 11.1 Å². The maximum absolute atomic E-state index is 12.2. The zero-order valence-corrected chi connectivity index (χ0v) is 16.3. The Kier molecular flexibility index (Phi) is 6.19. The van der Waals surface area contributed by atoms with E-state index in [-0.39, 0.29) is 11.7 Å². The van der Waals surface area contributed by atoms with Crippen LogP contribution in [0.15, 0.2) is 53.7 Å².